The van der Waals surface area contributed by atoms with Crippen LogP contribution in [0.4, 0.5) is 16.3 Å². The van der Waals surface area contributed by atoms with E-state index >= 15 is 0 Å². The summed E-state index contributed by atoms with van der Waals surface area (Å²) in [6, 6.07) is 13.2. The summed E-state index contributed by atoms with van der Waals surface area (Å²) in [4.78, 5) is 42.2. The standard InChI is InChI=1S/C22H23N5O4/c1-12(2)15-4-3-5-16(11-15)24-22(31)27-20-18(19(23)28)25-17(26-20)10-13-6-8-14(9-7-13)21(29)30/h3-9,11-12H,10H2,1-2H3,(H2,23,28)(H,25,26)(H,29,30)(H2,24,27,31). The number of aromatic amines is 1. The van der Waals surface area contributed by atoms with Crippen molar-refractivity contribution in [1.29, 1.82) is 0 Å². The number of hydrogen-bond donors (Lipinski definition) is 5. The second-order valence-corrected chi connectivity index (χ2v) is 7.31. The second-order valence-electron chi connectivity index (χ2n) is 7.31. The Morgan fingerprint density at radius 2 is 1.81 bits per heavy atom. The molecule has 3 amide bonds. The number of primary amides is 1. The highest BCUT2D eigenvalue weighted by Gasteiger charge is 2.18. The Morgan fingerprint density at radius 3 is 2.42 bits per heavy atom. The van der Waals surface area contributed by atoms with Gasteiger partial charge in [0, 0.05) is 12.1 Å². The third-order valence-corrected chi connectivity index (χ3v) is 4.61. The van der Waals surface area contributed by atoms with Gasteiger partial charge >= 0.3 is 12.0 Å². The summed E-state index contributed by atoms with van der Waals surface area (Å²) in [6.45, 7) is 4.11. The maximum absolute atomic E-state index is 12.4. The Labute approximate surface area is 178 Å². The number of nitrogens with zero attached hydrogens (tertiary/aromatic N) is 1. The molecule has 3 aromatic rings. The maximum Gasteiger partial charge on any atom is 0.335 e. The monoisotopic (exact) mass is 421 g/mol. The molecule has 2 aromatic carbocycles. The van der Waals surface area contributed by atoms with Gasteiger partial charge in [-0.15, -0.1) is 0 Å². The number of carboxylic acids is 1. The van der Waals surface area contributed by atoms with Crippen LogP contribution in [0.25, 0.3) is 0 Å². The fraction of sp³-hybridized carbons (Fsp3) is 0.182. The predicted octanol–water partition coefficient (Wildman–Crippen LogP) is 3.57. The number of imidazole rings is 1. The van der Waals surface area contributed by atoms with Gasteiger partial charge in [0.1, 0.15) is 11.6 Å². The molecule has 0 aliphatic carbocycles. The molecule has 0 bridgehead atoms. The van der Waals surface area contributed by atoms with Gasteiger partial charge in [-0.2, -0.15) is 0 Å². The first-order chi connectivity index (χ1) is 14.7. The number of aromatic carboxylic acids is 1. The van der Waals surface area contributed by atoms with E-state index in [4.69, 9.17) is 10.8 Å². The number of rotatable bonds is 7. The van der Waals surface area contributed by atoms with E-state index in [1.165, 1.54) is 12.1 Å². The van der Waals surface area contributed by atoms with E-state index in [0.29, 0.717) is 23.9 Å². The minimum absolute atomic E-state index is 0.0853. The zero-order valence-electron chi connectivity index (χ0n) is 17.1. The van der Waals surface area contributed by atoms with E-state index in [2.05, 4.69) is 34.4 Å². The second kappa shape index (κ2) is 9.12. The number of urea groups is 1. The van der Waals surface area contributed by atoms with E-state index in [1.807, 2.05) is 18.2 Å². The van der Waals surface area contributed by atoms with Crippen LogP contribution in [-0.2, 0) is 6.42 Å². The molecule has 0 radical (unpaired) electrons. The van der Waals surface area contributed by atoms with Crippen molar-refractivity contribution < 1.29 is 19.5 Å². The molecule has 6 N–H and O–H groups in total. The lowest BCUT2D eigenvalue weighted by Gasteiger charge is -2.10. The number of nitrogens with two attached hydrogens (primary N) is 1. The molecule has 1 heterocycles. The molecule has 0 saturated carbocycles. The molecule has 9 heteroatoms. The summed E-state index contributed by atoms with van der Waals surface area (Å²) in [6.07, 6.45) is 0.292. The van der Waals surface area contributed by atoms with Crippen LogP contribution in [0.1, 0.15) is 57.6 Å². The summed E-state index contributed by atoms with van der Waals surface area (Å²) in [7, 11) is 0. The molecule has 0 atom stereocenters. The van der Waals surface area contributed by atoms with Gasteiger partial charge in [0.15, 0.2) is 5.69 Å². The zero-order chi connectivity index (χ0) is 22.5. The Bertz CT molecular complexity index is 1120. The lowest BCUT2D eigenvalue weighted by atomic mass is 10.0. The SMILES string of the molecule is CC(C)c1cccc(NC(=O)Nc2[nH]c(Cc3ccc(C(=O)O)cc3)nc2C(N)=O)c1. The summed E-state index contributed by atoms with van der Waals surface area (Å²) < 4.78 is 0. The number of carbonyl (C=O) groups is 3. The molecule has 0 fully saturated rings. The molecular formula is C22H23N5O4. The molecule has 9 nitrogen and oxygen atoms in total. The van der Waals surface area contributed by atoms with Crippen molar-refractivity contribution in [1.82, 2.24) is 9.97 Å². The maximum atomic E-state index is 12.4. The van der Waals surface area contributed by atoms with Gasteiger partial charge in [-0.25, -0.2) is 14.6 Å². The van der Waals surface area contributed by atoms with Crippen LogP contribution in [-0.4, -0.2) is 33.0 Å². The first kappa shape index (κ1) is 21.6. The molecular weight excluding hydrogens is 398 g/mol. The van der Waals surface area contributed by atoms with Crippen LogP contribution in [0.2, 0.25) is 0 Å². The number of carboxylic acid groups (broad SMARTS) is 1. The topological polar surface area (TPSA) is 150 Å². The highest BCUT2D eigenvalue weighted by molar-refractivity contribution is 6.04. The summed E-state index contributed by atoms with van der Waals surface area (Å²) >= 11 is 0. The van der Waals surface area contributed by atoms with Crippen molar-refractivity contribution in [2.45, 2.75) is 26.2 Å². The van der Waals surface area contributed by atoms with Crippen molar-refractivity contribution >= 4 is 29.4 Å². The van der Waals surface area contributed by atoms with Crippen LogP contribution < -0.4 is 16.4 Å². The highest BCUT2D eigenvalue weighted by atomic mass is 16.4. The van der Waals surface area contributed by atoms with Gasteiger partial charge in [0.25, 0.3) is 5.91 Å². The molecule has 0 saturated heterocycles. The smallest absolute Gasteiger partial charge is 0.335 e. The Balaban J connectivity index is 1.74. The minimum Gasteiger partial charge on any atom is -0.478 e. The predicted molar refractivity (Wildman–Crippen MR) is 116 cm³/mol. The first-order valence-electron chi connectivity index (χ1n) is 9.62. The number of benzene rings is 2. The fourth-order valence-corrected chi connectivity index (χ4v) is 2.98. The average Bonchev–Trinajstić information content (AvgIpc) is 3.10. The molecule has 1 aromatic heterocycles. The molecule has 160 valence electrons. The van der Waals surface area contributed by atoms with Crippen molar-refractivity contribution in [3.63, 3.8) is 0 Å². The lowest BCUT2D eigenvalue weighted by Crippen LogP contribution is -2.22. The fourth-order valence-electron chi connectivity index (χ4n) is 2.98. The minimum atomic E-state index is -1.02. The quantitative estimate of drug-likeness (QED) is 0.395. The third kappa shape index (κ3) is 5.47. The van der Waals surface area contributed by atoms with E-state index in [0.717, 1.165) is 11.1 Å². The lowest BCUT2D eigenvalue weighted by molar-refractivity contribution is 0.0696. The van der Waals surface area contributed by atoms with Gasteiger partial charge < -0.3 is 21.1 Å². The highest BCUT2D eigenvalue weighted by Crippen LogP contribution is 2.20. The number of hydrogen-bond acceptors (Lipinski definition) is 4. The number of carbonyl (C=O) groups excluding carboxylic acids is 2. The number of amides is 3. The molecule has 0 spiro atoms. The van der Waals surface area contributed by atoms with Gasteiger partial charge in [-0.3, -0.25) is 10.1 Å². The molecule has 0 aliphatic heterocycles. The van der Waals surface area contributed by atoms with Gasteiger partial charge in [0.05, 0.1) is 5.56 Å². The number of H-pyrrole nitrogens is 1. The largest absolute Gasteiger partial charge is 0.478 e. The van der Waals surface area contributed by atoms with Crippen molar-refractivity contribution in [3.05, 3.63) is 76.7 Å². The van der Waals surface area contributed by atoms with Crippen molar-refractivity contribution in [3.8, 4) is 0 Å². The van der Waals surface area contributed by atoms with Gasteiger partial charge in [-0.1, -0.05) is 38.1 Å². The normalized spacial score (nSPS) is 10.7. The Morgan fingerprint density at radius 1 is 1.10 bits per heavy atom. The van der Waals surface area contributed by atoms with Crippen LogP contribution in [0.15, 0.2) is 48.5 Å². The number of aromatic nitrogens is 2. The van der Waals surface area contributed by atoms with Crippen LogP contribution in [0, 0.1) is 0 Å². The van der Waals surface area contributed by atoms with Crippen molar-refractivity contribution in [2.24, 2.45) is 5.73 Å². The van der Waals surface area contributed by atoms with Gasteiger partial charge in [-0.05, 0) is 41.3 Å². The van der Waals surface area contributed by atoms with Crippen LogP contribution >= 0.6 is 0 Å². The summed E-state index contributed by atoms with van der Waals surface area (Å²) in [5, 5.41) is 14.3. The van der Waals surface area contributed by atoms with Crippen molar-refractivity contribution in [2.75, 3.05) is 10.6 Å². The third-order valence-electron chi connectivity index (χ3n) is 4.61. The van der Waals surface area contributed by atoms with E-state index < -0.39 is 17.9 Å². The van der Waals surface area contributed by atoms with E-state index in [1.54, 1.807) is 18.2 Å². The van der Waals surface area contributed by atoms with Crippen LogP contribution in [0.3, 0.4) is 0 Å². The number of anilines is 2. The zero-order valence-corrected chi connectivity index (χ0v) is 17.1. The van der Waals surface area contributed by atoms with Crippen LogP contribution in [0.5, 0.6) is 0 Å². The molecule has 3 rings (SSSR count). The Hall–Kier alpha value is -4.14. The molecule has 0 unspecified atom stereocenters. The summed E-state index contributed by atoms with van der Waals surface area (Å²) in [5.41, 5.74) is 7.94. The summed E-state index contributed by atoms with van der Waals surface area (Å²) in [5.74, 6) is -1.01. The Kier molecular flexibility index (Phi) is 6.35. The van der Waals surface area contributed by atoms with E-state index in [9.17, 15) is 14.4 Å². The number of nitrogens with one attached hydrogen (secondary N) is 3. The first-order valence-corrected chi connectivity index (χ1v) is 9.62. The van der Waals surface area contributed by atoms with E-state index in [-0.39, 0.29) is 17.1 Å². The molecule has 31 heavy (non-hydrogen) atoms. The molecule has 0 aliphatic rings. The van der Waals surface area contributed by atoms with Gasteiger partial charge in [0.2, 0.25) is 0 Å². The average molecular weight is 421 g/mol.